The molecular weight excluding hydrogens is 290 g/mol. The number of likely N-dealkylation sites (tertiary alicyclic amines) is 1. The molecule has 0 radical (unpaired) electrons. The molecule has 4 heteroatoms. The number of rotatable bonds is 7. The summed E-state index contributed by atoms with van der Waals surface area (Å²) in [6, 6.07) is 6.18. The normalized spacial score (nSPS) is 16.3. The fraction of sp³-hybridized carbons (Fsp3) is 0.632. The summed E-state index contributed by atoms with van der Waals surface area (Å²) < 4.78 is 11.0. The molecule has 1 fully saturated rings. The lowest BCUT2D eigenvalue weighted by Crippen LogP contribution is -2.37. The van der Waals surface area contributed by atoms with Gasteiger partial charge in [-0.05, 0) is 70.3 Å². The van der Waals surface area contributed by atoms with Crippen LogP contribution in [0.4, 0.5) is 0 Å². The summed E-state index contributed by atoms with van der Waals surface area (Å²) in [6.45, 7) is 10.3. The van der Waals surface area contributed by atoms with Gasteiger partial charge in [0.15, 0.2) is 0 Å². The molecule has 1 aliphatic heterocycles. The van der Waals surface area contributed by atoms with Crippen LogP contribution in [0.5, 0.6) is 5.75 Å². The lowest BCUT2D eigenvalue weighted by molar-refractivity contribution is -0.149. The van der Waals surface area contributed by atoms with E-state index in [4.69, 9.17) is 9.47 Å². The maximum absolute atomic E-state index is 11.7. The molecule has 0 saturated carbocycles. The molecule has 23 heavy (non-hydrogen) atoms. The van der Waals surface area contributed by atoms with E-state index in [1.807, 2.05) is 19.1 Å². The highest BCUT2D eigenvalue weighted by Gasteiger charge is 2.25. The lowest BCUT2D eigenvalue weighted by atomic mass is 9.97. The number of benzene rings is 1. The van der Waals surface area contributed by atoms with Gasteiger partial charge in [-0.2, -0.15) is 0 Å². The van der Waals surface area contributed by atoms with Gasteiger partial charge in [0.05, 0.1) is 19.1 Å². The van der Waals surface area contributed by atoms with Crippen LogP contribution in [-0.4, -0.2) is 43.7 Å². The van der Waals surface area contributed by atoms with Crippen molar-refractivity contribution in [3.8, 4) is 5.75 Å². The van der Waals surface area contributed by atoms with Gasteiger partial charge < -0.3 is 14.4 Å². The highest BCUT2D eigenvalue weighted by molar-refractivity contribution is 5.72. The minimum atomic E-state index is -0.0228. The number of hydrogen-bond acceptors (Lipinski definition) is 4. The van der Waals surface area contributed by atoms with E-state index in [0.29, 0.717) is 6.61 Å². The number of aryl methyl sites for hydroxylation is 1. The Kier molecular flexibility index (Phi) is 6.90. The van der Waals surface area contributed by atoms with E-state index in [1.54, 1.807) is 0 Å². The molecule has 0 amide bonds. The van der Waals surface area contributed by atoms with Crippen molar-refractivity contribution in [1.29, 1.82) is 0 Å². The molecule has 1 aliphatic rings. The third-order valence-corrected chi connectivity index (χ3v) is 4.64. The largest absolute Gasteiger partial charge is 0.493 e. The number of piperidine rings is 1. The number of hydrogen-bond donors (Lipinski definition) is 0. The average molecular weight is 319 g/mol. The zero-order valence-electron chi connectivity index (χ0n) is 14.6. The van der Waals surface area contributed by atoms with Crippen molar-refractivity contribution in [3.05, 3.63) is 29.3 Å². The van der Waals surface area contributed by atoms with Crippen molar-refractivity contribution in [2.24, 2.45) is 5.92 Å². The minimum Gasteiger partial charge on any atom is -0.493 e. The monoisotopic (exact) mass is 319 g/mol. The molecular formula is C19H29NO3. The predicted octanol–water partition coefficient (Wildman–Crippen LogP) is 3.35. The third kappa shape index (κ3) is 5.24. The molecule has 0 N–H and O–H groups in total. The van der Waals surface area contributed by atoms with Gasteiger partial charge in [0.2, 0.25) is 0 Å². The summed E-state index contributed by atoms with van der Waals surface area (Å²) in [5.41, 5.74) is 2.49. The third-order valence-electron chi connectivity index (χ3n) is 4.64. The van der Waals surface area contributed by atoms with E-state index in [1.165, 1.54) is 11.1 Å². The van der Waals surface area contributed by atoms with E-state index in [-0.39, 0.29) is 11.9 Å². The second-order valence-electron chi connectivity index (χ2n) is 6.27. The molecule has 4 nitrogen and oxygen atoms in total. The van der Waals surface area contributed by atoms with Gasteiger partial charge in [-0.25, -0.2) is 0 Å². The number of ether oxygens (including phenoxy) is 2. The highest BCUT2D eigenvalue weighted by Crippen LogP contribution is 2.21. The number of carbonyl (C=O) groups is 1. The SMILES string of the molecule is CCOC(=O)C1CCN(CCCOc2cccc(C)c2C)CC1. The smallest absolute Gasteiger partial charge is 0.309 e. The lowest BCUT2D eigenvalue weighted by Gasteiger charge is -2.30. The Morgan fingerprint density at radius 1 is 1.26 bits per heavy atom. The average Bonchev–Trinajstić information content (AvgIpc) is 2.56. The Morgan fingerprint density at radius 2 is 2.00 bits per heavy atom. The van der Waals surface area contributed by atoms with Gasteiger partial charge in [0, 0.05) is 6.54 Å². The van der Waals surface area contributed by atoms with Crippen LogP contribution < -0.4 is 4.74 Å². The topological polar surface area (TPSA) is 38.8 Å². The van der Waals surface area contributed by atoms with Crippen molar-refractivity contribution in [2.75, 3.05) is 32.8 Å². The maximum Gasteiger partial charge on any atom is 0.309 e. The van der Waals surface area contributed by atoms with Crippen LogP contribution in [0, 0.1) is 19.8 Å². The summed E-state index contributed by atoms with van der Waals surface area (Å²) >= 11 is 0. The standard InChI is InChI=1S/C19H29NO3/c1-4-22-19(21)17-9-12-20(13-10-17)11-6-14-23-18-8-5-7-15(2)16(18)3/h5,7-8,17H,4,6,9-14H2,1-3H3. The molecule has 0 atom stereocenters. The van der Waals surface area contributed by atoms with Gasteiger partial charge in [-0.1, -0.05) is 12.1 Å². The van der Waals surface area contributed by atoms with Gasteiger partial charge in [0.25, 0.3) is 0 Å². The van der Waals surface area contributed by atoms with Crippen molar-refractivity contribution in [1.82, 2.24) is 4.90 Å². The number of nitrogens with zero attached hydrogens (tertiary/aromatic N) is 1. The second kappa shape index (κ2) is 8.92. The molecule has 1 heterocycles. The van der Waals surface area contributed by atoms with Crippen molar-refractivity contribution >= 4 is 5.97 Å². The molecule has 0 aromatic heterocycles. The minimum absolute atomic E-state index is 0.0228. The van der Waals surface area contributed by atoms with E-state index >= 15 is 0 Å². The molecule has 1 aromatic rings. The fourth-order valence-electron chi connectivity index (χ4n) is 3.00. The van der Waals surface area contributed by atoms with E-state index in [2.05, 4.69) is 24.8 Å². The zero-order chi connectivity index (χ0) is 16.7. The van der Waals surface area contributed by atoms with Crippen molar-refractivity contribution < 1.29 is 14.3 Å². The van der Waals surface area contributed by atoms with Crippen LogP contribution in [0.15, 0.2) is 18.2 Å². The van der Waals surface area contributed by atoms with Gasteiger partial charge in [0.1, 0.15) is 5.75 Å². The van der Waals surface area contributed by atoms with Gasteiger partial charge in [-0.15, -0.1) is 0 Å². The summed E-state index contributed by atoms with van der Waals surface area (Å²) in [7, 11) is 0. The van der Waals surface area contributed by atoms with Crippen LogP contribution in [0.1, 0.15) is 37.3 Å². The number of carbonyl (C=O) groups excluding carboxylic acids is 1. The molecule has 0 spiro atoms. The Hall–Kier alpha value is -1.55. The Bertz CT molecular complexity index is 507. The fourth-order valence-corrected chi connectivity index (χ4v) is 3.00. The molecule has 0 bridgehead atoms. The highest BCUT2D eigenvalue weighted by atomic mass is 16.5. The summed E-state index contributed by atoms with van der Waals surface area (Å²) in [5.74, 6) is 1.06. The Labute approximate surface area is 139 Å². The molecule has 0 aliphatic carbocycles. The molecule has 1 saturated heterocycles. The first kappa shape index (κ1) is 17.8. The maximum atomic E-state index is 11.7. The predicted molar refractivity (Wildman–Crippen MR) is 91.8 cm³/mol. The van der Waals surface area contributed by atoms with Gasteiger partial charge in [-0.3, -0.25) is 4.79 Å². The van der Waals surface area contributed by atoms with E-state index in [0.717, 1.165) is 51.3 Å². The quantitative estimate of drug-likeness (QED) is 0.571. The van der Waals surface area contributed by atoms with E-state index < -0.39 is 0 Å². The van der Waals surface area contributed by atoms with Crippen LogP contribution in [-0.2, 0) is 9.53 Å². The van der Waals surface area contributed by atoms with Crippen LogP contribution >= 0.6 is 0 Å². The summed E-state index contributed by atoms with van der Waals surface area (Å²) in [5, 5.41) is 0. The van der Waals surface area contributed by atoms with Crippen molar-refractivity contribution in [3.63, 3.8) is 0 Å². The number of esters is 1. The van der Waals surface area contributed by atoms with Crippen LogP contribution in [0.3, 0.4) is 0 Å². The first-order valence-corrected chi connectivity index (χ1v) is 8.69. The first-order valence-electron chi connectivity index (χ1n) is 8.69. The zero-order valence-corrected chi connectivity index (χ0v) is 14.6. The first-order chi connectivity index (χ1) is 11.1. The Balaban J connectivity index is 1.64. The summed E-state index contributed by atoms with van der Waals surface area (Å²) in [6.07, 6.45) is 2.84. The van der Waals surface area contributed by atoms with Crippen LogP contribution in [0.25, 0.3) is 0 Å². The second-order valence-corrected chi connectivity index (χ2v) is 6.27. The van der Waals surface area contributed by atoms with Gasteiger partial charge >= 0.3 is 5.97 Å². The molecule has 128 valence electrons. The Morgan fingerprint density at radius 3 is 2.70 bits per heavy atom. The van der Waals surface area contributed by atoms with Crippen LogP contribution in [0.2, 0.25) is 0 Å². The van der Waals surface area contributed by atoms with E-state index in [9.17, 15) is 4.79 Å². The van der Waals surface area contributed by atoms with Crippen molar-refractivity contribution in [2.45, 2.75) is 40.0 Å². The molecule has 2 rings (SSSR count). The summed E-state index contributed by atoms with van der Waals surface area (Å²) in [4.78, 5) is 14.1. The molecule has 1 aromatic carbocycles. The molecule has 0 unspecified atom stereocenters.